The van der Waals surface area contributed by atoms with Gasteiger partial charge in [0.2, 0.25) is 0 Å². The molecule has 1 amide bonds. The standard InChI is InChI=1S/C21H23N3O6S/c1-4-20(28-2)30-17-12-14(21(25)23-19-9-10-22-24-19)11-16(13-17)29-15-5-7-18(8-6-15)31(3,26)27/h5-13,20H,4H2,1-3H3,(H2,22,23,24,25). The van der Waals surface area contributed by atoms with Crippen molar-refractivity contribution in [1.82, 2.24) is 10.2 Å². The summed E-state index contributed by atoms with van der Waals surface area (Å²) in [4.78, 5) is 12.9. The van der Waals surface area contributed by atoms with Gasteiger partial charge in [-0.2, -0.15) is 5.10 Å². The molecule has 0 bridgehead atoms. The van der Waals surface area contributed by atoms with E-state index in [4.69, 9.17) is 14.2 Å². The molecule has 0 spiro atoms. The molecule has 0 saturated heterocycles. The summed E-state index contributed by atoms with van der Waals surface area (Å²) >= 11 is 0. The smallest absolute Gasteiger partial charge is 0.257 e. The lowest BCUT2D eigenvalue weighted by molar-refractivity contribution is -0.0549. The highest BCUT2D eigenvalue weighted by molar-refractivity contribution is 7.90. The first kappa shape index (κ1) is 22.3. The number of nitrogens with zero attached hydrogens (tertiary/aromatic N) is 1. The van der Waals surface area contributed by atoms with E-state index in [1.54, 1.807) is 30.5 Å². The van der Waals surface area contributed by atoms with Crippen LogP contribution in [-0.2, 0) is 14.6 Å². The molecular formula is C21H23N3O6S. The van der Waals surface area contributed by atoms with Gasteiger partial charge < -0.3 is 19.5 Å². The minimum atomic E-state index is -3.31. The third-order valence-corrected chi connectivity index (χ3v) is 5.36. The number of methoxy groups -OCH3 is 1. The van der Waals surface area contributed by atoms with Gasteiger partial charge in [0.25, 0.3) is 5.91 Å². The molecule has 164 valence electrons. The van der Waals surface area contributed by atoms with Crippen LogP contribution in [0.2, 0.25) is 0 Å². The molecule has 3 rings (SSSR count). The van der Waals surface area contributed by atoms with E-state index in [0.29, 0.717) is 29.5 Å². The van der Waals surface area contributed by atoms with Crippen LogP contribution in [0.5, 0.6) is 17.2 Å². The fourth-order valence-electron chi connectivity index (χ4n) is 2.69. The Hall–Kier alpha value is -3.37. The van der Waals surface area contributed by atoms with Gasteiger partial charge in [0.1, 0.15) is 17.2 Å². The van der Waals surface area contributed by atoms with Gasteiger partial charge in [-0.1, -0.05) is 6.92 Å². The molecule has 1 aromatic heterocycles. The fraction of sp³-hybridized carbons (Fsp3) is 0.238. The molecule has 10 heteroatoms. The zero-order valence-corrected chi connectivity index (χ0v) is 18.1. The maximum atomic E-state index is 12.7. The van der Waals surface area contributed by atoms with Crippen molar-refractivity contribution in [2.24, 2.45) is 0 Å². The van der Waals surface area contributed by atoms with Gasteiger partial charge in [-0.15, -0.1) is 0 Å². The van der Waals surface area contributed by atoms with E-state index in [0.717, 1.165) is 6.26 Å². The van der Waals surface area contributed by atoms with E-state index in [9.17, 15) is 13.2 Å². The number of aromatic amines is 1. The van der Waals surface area contributed by atoms with Crippen LogP contribution in [0.3, 0.4) is 0 Å². The molecule has 0 aliphatic heterocycles. The Kier molecular flexibility index (Phi) is 6.93. The first-order valence-corrected chi connectivity index (χ1v) is 11.3. The molecule has 0 radical (unpaired) electrons. The lowest BCUT2D eigenvalue weighted by Gasteiger charge is -2.17. The zero-order valence-electron chi connectivity index (χ0n) is 17.3. The number of rotatable bonds is 9. The number of amides is 1. The van der Waals surface area contributed by atoms with Gasteiger partial charge in [0.05, 0.1) is 4.90 Å². The van der Waals surface area contributed by atoms with Crippen LogP contribution in [0.25, 0.3) is 0 Å². The number of anilines is 1. The maximum Gasteiger partial charge on any atom is 0.257 e. The van der Waals surface area contributed by atoms with Crippen LogP contribution in [-0.4, -0.2) is 44.2 Å². The minimum absolute atomic E-state index is 0.182. The molecule has 2 aromatic carbocycles. The molecule has 1 unspecified atom stereocenters. The highest BCUT2D eigenvalue weighted by Gasteiger charge is 2.15. The second-order valence-electron chi connectivity index (χ2n) is 6.64. The molecule has 3 aromatic rings. The SMILES string of the molecule is CCC(OC)Oc1cc(Oc2ccc(S(C)(=O)=O)cc2)cc(C(=O)Nc2cc[nH]n2)c1. The second-order valence-corrected chi connectivity index (χ2v) is 8.66. The number of sulfone groups is 1. The van der Waals surface area contributed by atoms with Crippen molar-refractivity contribution in [3.63, 3.8) is 0 Å². The van der Waals surface area contributed by atoms with Crippen LogP contribution in [0.1, 0.15) is 23.7 Å². The highest BCUT2D eigenvalue weighted by Crippen LogP contribution is 2.29. The Labute approximate surface area is 180 Å². The number of hydrogen-bond acceptors (Lipinski definition) is 7. The van der Waals surface area contributed by atoms with E-state index in [1.165, 1.54) is 31.4 Å². The topological polar surface area (TPSA) is 120 Å². The van der Waals surface area contributed by atoms with Crippen molar-refractivity contribution < 1.29 is 27.4 Å². The van der Waals surface area contributed by atoms with E-state index in [1.807, 2.05) is 6.92 Å². The Morgan fingerprint density at radius 3 is 2.39 bits per heavy atom. The number of hydrogen-bond donors (Lipinski definition) is 2. The molecule has 2 N–H and O–H groups in total. The second kappa shape index (κ2) is 9.63. The predicted molar refractivity (Wildman–Crippen MR) is 114 cm³/mol. The summed E-state index contributed by atoms with van der Waals surface area (Å²) in [6.45, 7) is 1.91. The van der Waals surface area contributed by atoms with Crippen LogP contribution in [0, 0.1) is 0 Å². The van der Waals surface area contributed by atoms with Gasteiger partial charge in [0, 0.05) is 43.7 Å². The molecule has 0 aliphatic rings. The average Bonchev–Trinajstić information content (AvgIpc) is 3.24. The first-order chi connectivity index (χ1) is 14.8. The van der Waals surface area contributed by atoms with E-state index in [-0.39, 0.29) is 10.5 Å². The van der Waals surface area contributed by atoms with Crippen molar-refractivity contribution in [2.75, 3.05) is 18.7 Å². The van der Waals surface area contributed by atoms with Crippen molar-refractivity contribution >= 4 is 21.6 Å². The quantitative estimate of drug-likeness (QED) is 0.483. The van der Waals surface area contributed by atoms with E-state index < -0.39 is 22.0 Å². The number of benzene rings is 2. The van der Waals surface area contributed by atoms with E-state index >= 15 is 0 Å². The average molecular weight is 445 g/mol. The fourth-order valence-corrected chi connectivity index (χ4v) is 3.32. The summed E-state index contributed by atoms with van der Waals surface area (Å²) < 4.78 is 40.2. The Bertz CT molecular complexity index is 1120. The van der Waals surface area contributed by atoms with Crippen LogP contribution < -0.4 is 14.8 Å². The predicted octanol–water partition coefficient (Wildman–Crippen LogP) is 3.62. The van der Waals surface area contributed by atoms with Crippen LogP contribution >= 0.6 is 0 Å². The van der Waals surface area contributed by atoms with Gasteiger partial charge in [-0.3, -0.25) is 9.89 Å². The summed E-state index contributed by atoms with van der Waals surface area (Å²) in [6, 6.07) is 12.3. The van der Waals surface area contributed by atoms with Gasteiger partial charge in [0.15, 0.2) is 21.9 Å². The van der Waals surface area contributed by atoms with Gasteiger partial charge in [-0.25, -0.2) is 8.42 Å². The Morgan fingerprint density at radius 2 is 1.81 bits per heavy atom. The van der Waals surface area contributed by atoms with Crippen molar-refractivity contribution in [3.8, 4) is 17.2 Å². The van der Waals surface area contributed by atoms with Crippen molar-refractivity contribution in [2.45, 2.75) is 24.5 Å². The number of carbonyl (C=O) groups is 1. The summed E-state index contributed by atoms with van der Waals surface area (Å²) in [5, 5.41) is 9.21. The van der Waals surface area contributed by atoms with Gasteiger partial charge in [-0.05, 0) is 36.4 Å². The largest absolute Gasteiger partial charge is 0.465 e. The number of ether oxygens (including phenoxy) is 3. The van der Waals surface area contributed by atoms with Crippen molar-refractivity contribution in [3.05, 3.63) is 60.3 Å². The lowest BCUT2D eigenvalue weighted by atomic mass is 10.2. The van der Waals surface area contributed by atoms with Crippen LogP contribution in [0.4, 0.5) is 5.82 Å². The van der Waals surface area contributed by atoms with Crippen LogP contribution in [0.15, 0.2) is 59.6 Å². The molecular weight excluding hydrogens is 422 g/mol. The molecule has 31 heavy (non-hydrogen) atoms. The molecule has 1 atom stereocenters. The summed E-state index contributed by atoms with van der Waals surface area (Å²) in [7, 11) is -1.78. The monoisotopic (exact) mass is 445 g/mol. The number of aromatic nitrogens is 2. The van der Waals surface area contributed by atoms with Crippen molar-refractivity contribution in [1.29, 1.82) is 0 Å². The third-order valence-electron chi connectivity index (χ3n) is 4.24. The number of nitrogens with one attached hydrogen (secondary N) is 2. The van der Waals surface area contributed by atoms with Gasteiger partial charge >= 0.3 is 0 Å². The molecule has 1 heterocycles. The first-order valence-electron chi connectivity index (χ1n) is 9.42. The molecule has 0 fully saturated rings. The molecule has 0 aliphatic carbocycles. The minimum Gasteiger partial charge on any atom is -0.465 e. The lowest BCUT2D eigenvalue weighted by Crippen LogP contribution is -2.18. The summed E-state index contributed by atoms with van der Waals surface area (Å²) in [5.74, 6) is 1.09. The number of carbonyl (C=O) groups excluding carboxylic acids is 1. The van der Waals surface area contributed by atoms with E-state index in [2.05, 4.69) is 15.5 Å². The summed E-state index contributed by atoms with van der Waals surface area (Å²) in [5.41, 5.74) is 0.286. The zero-order chi connectivity index (χ0) is 22.4. The Morgan fingerprint density at radius 1 is 1.10 bits per heavy atom. The third kappa shape index (κ3) is 6.06. The highest BCUT2D eigenvalue weighted by atomic mass is 32.2. The molecule has 0 saturated carbocycles. The molecule has 9 nitrogen and oxygen atoms in total. The normalized spacial score (nSPS) is 12.2. The Balaban J connectivity index is 1.89. The number of H-pyrrole nitrogens is 1. The maximum absolute atomic E-state index is 12.7. The summed E-state index contributed by atoms with van der Waals surface area (Å²) in [6.07, 6.45) is 2.83.